The maximum atomic E-state index is 14.3. The lowest BCUT2D eigenvalue weighted by atomic mass is 10.1. The third kappa shape index (κ3) is 3.34. The topological polar surface area (TPSA) is 38.8 Å². The van der Waals surface area contributed by atoms with Gasteiger partial charge in [-0.2, -0.15) is 0 Å². The molecule has 2 rings (SSSR count). The van der Waals surface area contributed by atoms with E-state index in [0.29, 0.717) is 24.1 Å². The van der Waals surface area contributed by atoms with E-state index < -0.39 is 5.82 Å². The highest BCUT2D eigenvalue weighted by molar-refractivity contribution is 5.95. The average Bonchev–Trinajstić information content (AvgIpc) is 3.18. The first-order valence-corrected chi connectivity index (χ1v) is 7.61. The minimum absolute atomic E-state index is 0.0211. The molecule has 5 heteroatoms. The molecule has 1 fully saturated rings. The van der Waals surface area contributed by atoms with E-state index in [1.54, 1.807) is 4.90 Å². The first kappa shape index (κ1) is 16.6. The molecule has 0 radical (unpaired) electrons. The lowest BCUT2D eigenvalue weighted by Gasteiger charge is -2.27. The van der Waals surface area contributed by atoms with Crippen molar-refractivity contribution in [1.82, 2.24) is 4.90 Å². The van der Waals surface area contributed by atoms with Crippen LogP contribution in [-0.2, 0) is 0 Å². The summed E-state index contributed by atoms with van der Waals surface area (Å²) in [5.74, 6) is 0.919. The van der Waals surface area contributed by atoms with Crippen LogP contribution in [0.1, 0.15) is 37.6 Å². The fourth-order valence-electron chi connectivity index (χ4n) is 2.61. The summed E-state index contributed by atoms with van der Waals surface area (Å²) in [6.45, 7) is 6.74. The largest absolute Gasteiger partial charge is 0.493 e. The Kier molecular flexibility index (Phi) is 4.94. The Bertz CT molecular complexity index is 559. The molecule has 0 N–H and O–H groups in total. The zero-order valence-corrected chi connectivity index (χ0v) is 13.9. The number of hydrogen-bond acceptors (Lipinski definition) is 3. The van der Waals surface area contributed by atoms with Gasteiger partial charge in [0, 0.05) is 18.7 Å². The Morgan fingerprint density at radius 2 is 1.86 bits per heavy atom. The Labute approximate surface area is 131 Å². The molecule has 0 spiro atoms. The van der Waals surface area contributed by atoms with E-state index in [2.05, 4.69) is 6.92 Å². The molecular formula is C17H24FNO3. The molecule has 1 aliphatic carbocycles. The van der Waals surface area contributed by atoms with E-state index in [9.17, 15) is 9.18 Å². The van der Waals surface area contributed by atoms with Gasteiger partial charge in [-0.25, -0.2) is 4.39 Å². The molecule has 1 aliphatic rings. The van der Waals surface area contributed by atoms with Gasteiger partial charge in [0.2, 0.25) is 0 Å². The van der Waals surface area contributed by atoms with E-state index in [0.717, 1.165) is 6.42 Å². The number of ether oxygens (including phenoxy) is 2. The van der Waals surface area contributed by atoms with Crippen LogP contribution in [-0.4, -0.2) is 37.6 Å². The molecule has 0 unspecified atom stereocenters. The van der Waals surface area contributed by atoms with Gasteiger partial charge in [-0.05, 0) is 38.2 Å². The summed E-state index contributed by atoms with van der Waals surface area (Å²) in [5.41, 5.74) is 0.0275. The first-order valence-electron chi connectivity index (χ1n) is 7.61. The van der Waals surface area contributed by atoms with Crippen molar-refractivity contribution in [3.8, 4) is 11.5 Å². The van der Waals surface area contributed by atoms with Gasteiger partial charge in [0.1, 0.15) is 5.82 Å². The van der Waals surface area contributed by atoms with Crippen LogP contribution in [0.15, 0.2) is 12.1 Å². The SMILES string of the molecule is COc1cc(F)c(C(=O)N(C[C@@H]2C[C@H]2C)C(C)C)cc1OC. The number of methoxy groups -OCH3 is 2. The Hall–Kier alpha value is -1.78. The molecule has 2 atom stereocenters. The van der Waals surface area contributed by atoms with Crippen LogP contribution in [0.5, 0.6) is 11.5 Å². The number of carbonyl (C=O) groups excluding carboxylic acids is 1. The average molecular weight is 309 g/mol. The highest BCUT2D eigenvalue weighted by Crippen LogP contribution is 2.39. The third-order valence-electron chi connectivity index (χ3n) is 4.30. The molecule has 0 heterocycles. The minimum atomic E-state index is -0.586. The predicted molar refractivity (Wildman–Crippen MR) is 82.9 cm³/mol. The molecule has 1 aromatic carbocycles. The van der Waals surface area contributed by atoms with Gasteiger partial charge in [-0.3, -0.25) is 4.79 Å². The second-order valence-electron chi connectivity index (χ2n) is 6.21. The summed E-state index contributed by atoms with van der Waals surface area (Å²) < 4.78 is 24.5. The summed E-state index contributed by atoms with van der Waals surface area (Å²) in [4.78, 5) is 14.5. The van der Waals surface area contributed by atoms with Gasteiger partial charge >= 0.3 is 0 Å². The second kappa shape index (κ2) is 6.55. The van der Waals surface area contributed by atoms with Crippen LogP contribution in [0.2, 0.25) is 0 Å². The van der Waals surface area contributed by atoms with Crippen molar-refractivity contribution in [3.05, 3.63) is 23.5 Å². The molecule has 0 saturated heterocycles. The molecule has 0 aromatic heterocycles. The monoisotopic (exact) mass is 309 g/mol. The first-order chi connectivity index (χ1) is 10.4. The van der Waals surface area contributed by atoms with Gasteiger partial charge in [0.05, 0.1) is 19.8 Å². The molecule has 0 bridgehead atoms. The van der Waals surface area contributed by atoms with Gasteiger partial charge in [0.25, 0.3) is 5.91 Å². The predicted octanol–water partition coefficient (Wildman–Crippen LogP) is 3.35. The normalized spacial score (nSPS) is 20.0. The van der Waals surface area contributed by atoms with E-state index in [-0.39, 0.29) is 23.3 Å². The number of carbonyl (C=O) groups is 1. The van der Waals surface area contributed by atoms with Gasteiger partial charge in [-0.1, -0.05) is 6.92 Å². The number of amides is 1. The maximum absolute atomic E-state index is 14.3. The molecule has 4 nitrogen and oxygen atoms in total. The van der Waals surface area contributed by atoms with Crippen LogP contribution in [0.4, 0.5) is 4.39 Å². The minimum Gasteiger partial charge on any atom is -0.493 e. The fourth-order valence-corrected chi connectivity index (χ4v) is 2.61. The number of rotatable bonds is 6. The maximum Gasteiger partial charge on any atom is 0.257 e. The van der Waals surface area contributed by atoms with E-state index in [4.69, 9.17) is 9.47 Å². The van der Waals surface area contributed by atoms with Crippen molar-refractivity contribution in [2.45, 2.75) is 33.2 Å². The zero-order valence-electron chi connectivity index (χ0n) is 13.9. The highest BCUT2D eigenvalue weighted by atomic mass is 19.1. The lowest BCUT2D eigenvalue weighted by molar-refractivity contribution is 0.0688. The van der Waals surface area contributed by atoms with Crippen LogP contribution in [0.3, 0.4) is 0 Å². The standard InChI is InChI=1S/C17H24FNO3/c1-10(2)19(9-12-6-11(12)3)17(20)13-7-15(21-4)16(22-5)8-14(13)18/h7-8,10-12H,6,9H2,1-5H3/t11-,12+/m1/s1. The lowest BCUT2D eigenvalue weighted by Crippen LogP contribution is -2.39. The van der Waals surface area contributed by atoms with Crippen molar-refractivity contribution in [1.29, 1.82) is 0 Å². The number of nitrogens with zero attached hydrogens (tertiary/aromatic N) is 1. The highest BCUT2D eigenvalue weighted by Gasteiger charge is 2.36. The molecule has 1 saturated carbocycles. The number of hydrogen-bond donors (Lipinski definition) is 0. The van der Waals surface area contributed by atoms with Crippen LogP contribution in [0.25, 0.3) is 0 Å². The van der Waals surface area contributed by atoms with E-state index >= 15 is 0 Å². The van der Waals surface area contributed by atoms with Crippen molar-refractivity contribution in [2.24, 2.45) is 11.8 Å². The van der Waals surface area contributed by atoms with E-state index in [1.165, 1.54) is 26.4 Å². The van der Waals surface area contributed by atoms with Crippen molar-refractivity contribution < 1.29 is 18.7 Å². The number of benzene rings is 1. The van der Waals surface area contributed by atoms with Crippen LogP contribution >= 0.6 is 0 Å². The van der Waals surface area contributed by atoms with Gasteiger partial charge in [0.15, 0.2) is 11.5 Å². The Morgan fingerprint density at radius 3 is 2.32 bits per heavy atom. The number of halogens is 1. The quantitative estimate of drug-likeness (QED) is 0.809. The molecule has 1 aromatic rings. The van der Waals surface area contributed by atoms with Crippen molar-refractivity contribution >= 4 is 5.91 Å². The molecule has 1 amide bonds. The van der Waals surface area contributed by atoms with Crippen LogP contribution < -0.4 is 9.47 Å². The van der Waals surface area contributed by atoms with Crippen molar-refractivity contribution in [3.63, 3.8) is 0 Å². The van der Waals surface area contributed by atoms with Crippen molar-refractivity contribution in [2.75, 3.05) is 20.8 Å². The molecule has 0 aliphatic heterocycles. The van der Waals surface area contributed by atoms with Crippen LogP contribution in [0, 0.1) is 17.7 Å². The van der Waals surface area contributed by atoms with Gasteiger partial charge in [-0.15, -0.1) is 0 Å². The molecular weight excluding hydrogens is 285 g/mol. The Balaban J connectivity index is 2.29. The fraction of sp³-hybridized carbons (Fsp3) is 0.588. The third-order valence-corrected chi connectivity index (χ3v) is 4.30. The zero-order chi connectivity index (χ0) is 16.4. The summed E-state index contributed by atoms with van der Waals surface area (Å²) in [6, 6.07) is 2.64. The molecule has 22 heavy (non-hydrogen) atoms. The summed E-state index contributed by atoms with van der Waals surface area (Å²) in [7, 11) is 2.91. The summed E-state index contributed by atoms with van der Waals surface area (Å²) >= 11 is 0. The Morgan fingerprint density at radius 1 is 1.32 bits per heavy atom. The van der Waals surface area contributed by atoms with E-state index in [1.807, 2.05) is 13.8 Å². The summed E-state index contributed by atoms with van der Waals surface area (Å²) in [6.07, 6.45) is 1.13. The van der Waals surface area contributed by atoms with Gasteiger partial charge < -0.3 is 14.4 Å². The summed E-state index contributed by atoms with van der Waals surface area (Å²) in [5, 5.41) is 0. The second-order valence-corrected chi connectivity index (χ2v) is 6.21. The smallest absolute Gasteiger partial charge is 0.257 e. The molecule has 122 valence electrons.